The number of carbonyl (C=O) groups is 2. The van der Waals surface area contributed by atoms with E-state index in [0.717, 1.165) is 29.8 Å². The number of amides is 3. The number of benzene rings is 1. The fraction of sp³-hybridized carbons (Fsp3) is 0.464. The van der Waals surface area contributed by atoms with E-state index in [1.807, 2.05) is 18.2 Å². The number of pyridine rings is 1. The molecule has 0 unspecified atom stereocenters. The van der Waals surface area contributed by atoms with Crippen LogP contribution in [0.1, 0.15) is 54.0 Å². The van der Waals surface area contributed by atoms with E-state index in [1.54, 1.807) is 29.0 Å². The fourth-order valence-corrected chi connectivity index (χ4v) is 5.83. The summed E-state index contributed by atoms with van der Waals surface area (Å²) in [5, 5.41) is 21.5. The molecule has 2 N–H and O–H groups in total. The van der Waals surface area contributed by atoms with Crippen LogP contribution in [0.25, 0.3) is 11.5 Å². The van der Waals surface area contributed by atoms with Gasteiger partial charge >= 0.3 is 6.03 Å². The molecule has 11 nitrogen and oxygen atoms in total. The zero-order valence-electron chi connectivity index (χ0n) is 22.5. The minimum Gasteiger partial charge on any atom is -0.496 e. The van der Waals surface area contributed by atoms with Gasteiger partial charge in [-0.2, -0.15) is 0 Å². The van der Waals surface area contributed by atoms with Gasteiger partial charge in [-0.15, -0.1) is 10.2 Å². The van der Waals surface area contributed by atoms with Gasteiger partial charge in [0.15, 0.2) is 5.82 Å². The summed E-state index contributed by atoms with van der Waals surface area (Å²) < 4.78 is 7.70. The van der Waals surface area contributed by atoms with E-state index in [1.165, 1.54) is 0 Å². The lowest BCUT2D eigenvalue weighted by Crippen LogP contribution is -2.44. The Morgan fingerprint density at radius 2 is 1.95 bits per heavy atom. The van der Waals surface area contributed by atoms with Crippen LogP contribution in [0, 0.1) is 0 Å². The van der Waals surface area contributed by atoms with Crippen molar-refractivity contribution in [2.75, 3.05) is 32.1 Å². The molecule has 1 saturated heterocycles. The van der Waals surface area contributed by atoms with Gasteiger partial charge < -0.3 is 29.5 Å². The summed E-state index contributed by atoms with van der Waals surface area (Å²) in [4.78, 5) is 34.6. The predicted octanol–water partition coefficient (Wildman–Crippen LogP) is 2.83. The molecule has 1 atom stereocenters. The standard InChI is InChI=1S/C28H33N7O4/c1-28(2)10-7-24-31-32-25(35(24)28)21-5-4-6-23(29-21)30-26(37)20-13-18-15-33(11-8-17(18)14-22(20)39-3)27(38)34-12-9-19(36)16-34/h4-6,13-14,19,36H,7-12,15-16H2,1-3H3,(H,29,30,37)/t19-/m1/s1. The van der Waals surface area contributed by atoms with E-state index in [9.17, 15) is 14.7 Å². The number of anilines is 1. The summed E-state index contributed by atoms with van der Waals surface area (Å²) in [5.41, 5.74) is 2.87. The van der Waals surface area contributed by atoms with Gasteiger partial charge in [-0.3, -0.25) is 4.79 Å². The number of nitrogens with one attached hydrogen (secondary N) is 1. The van der Waals surface area contributed by atoms with Crippen molar-refractivity contribution in [2.24, 2.45) is 0 Å². The molecule has 3 aliphatic rings. The maximum Gasteiger partial charge on any atom is 0.320 e. The van der Waals surface area contributed by atoms with E-state index in [-0.39, 0.29) is 17.5 Å². The minimum absolute atomic E-state index is 0.0804. The molecule has 1 aromatic carbocycles. The molecule has 3 aliphatic heterocycles. The number of aliphatic hydroxyl groups excluding tert-OH is 1. The lowest BCUT2D eigenvalue weighted by molar-refractivity contribution is 0.102. The number of hydrogen-bond donors (Lipinski definition) is 2. The van der Waals surface area contributed by atoms with Gasteiger partial charge in [-0.05, 0) is 68.5 Å². The largest absolute Gasteiger partial charge is 0.496 e. The Kier molecular flexibility index (Phi) is 6.25. The number of urea groups is 1. The number of carbonyl (C=O) groups excluding carboxylic acids is 2. The maximum atomic E-state index is 13.4. The van der Waals surface area contributed by atoms with Crippen molar-refractivity contribution >= 4 is 17.8 Å². The number of ether oxygens (including phenoxy) is 1. The van der Waals surface area contributed by atoms with Gasteiger partial charge in [0.1, 0.15) is 23.1 Å². The van der Waals surface area contributed by atoms with Crippen LogP contribution in [-0.2, 0) is 24.9 Å². The number of aryl methyl sites for hydroxylation is 1. The molecule has 0 bridgehead atoms. The molecule has 3 amide bonds. The molecular weight excluding hydrogens is 498 g/mol. The Hall–Kier alpha value is -3.99. The molecular formula is C28H33N7O4. The molecule has 0 saturated carbocycles. The third kappa shape index (κ3) is 4.60. The molecule has 5 heterocycles. The zero-order valence-corrected chi connectivity index (χ0v) is 22.5. The van der Waals surface area contributed by atoms with Crippen molar-refractivity contribution in [2.45, 2.75) is 57.7 Å². The second-order valence-corrected chi connectivity index (χ2v) is 11.1. The summed E-state index contributed by atoms with van der Waals surface area (Å²) in [7, 11) is 1.54. The van der Waals surface area contributed by atoms with Gasteiger partial charge in [0.25, 0.3) is 5.91 Å². The first kappa shape index (κ1) is 25.3. The van der Waals surface area contributed by atoms with Gasteiger partial charge in [-0.25, -0.2) is 9.78 Å². The molecule has 11 heteroatoms. The van der Waals surface area contributed by atoms with Crippen molar-refractivity contribution < 1.29 is 19.4 Å². The Balaban J connectivity index is 1.23. The van der Waals surface area contributed by atoms with Crippen molar-refractivity contribution in [3.8, 4) is 17.3 Å². The van der Waals surface area contributed by atoms with Gasteiger partial charge in [0.2, 0.25) is 0 Å². The quantitative estimate of drug-likeness (QED) is 0.530. The Morgan fingerprint density at radius 1 is 1.10 bits per heavy atom. The first-order valence-electron chi connectivity index (χ1n) is 13.4. The number of hydrogen-bond acceptors (Lipinski definition) is 7. The van der Waals surface area contributed by atoms with Crippen LogP contribution in [0.4, 0.5) is 10.6 Å². The highest BCUT2D eigenvalue weighted by Crippen LogP contribution is 2.35. The average molecular weight is 532 g/mol. The van der Waals surface area contributed by atoms with Crippen molar-refractivity contribution in [3.05, 3.63) is 52.8 Å². The molecule has 6 rings (SSSR count). The number of methoxy groups -OCH3 is 1. The van der Waals surface area contributed by atoms with Crippen molar-refractivity contribution in [1.82, 2.24) is 29.5 Å². The number of β-amino-alcohol motifs (C(OH)–C–C–N with tert-alkyl or cyclic N) is 1. The number of aliphatic hydroxyl groups is 1. The van der Waals surface area contributed by atoms with E-state index < -0.39 is 6.10 Å². The third-order valence-corrected chi connectivity index (χ3v) is 8.00. The van der Waals surface area contributed by atoms with Gasteiger partial charge in [0.05, 0.1) is 18.8 Å². The summed E-state index contributed by atoms with van der Waals surface area (Å²) in [6, 6.07) is 9.05. The number of nitrogens with zero attached hydrogens (tertiary/aromatic N) is 6. The normalized spacial score (nSPS) is 19.5. The summed E-state index contributed by atoms with van der Waals surface area (Å²) >= 11 is 0. The van der Waals surface area contributed by atoms with E-state index >= 15 is 0 Å². The molecule has 204 valence electrons. The highest BCUT2D eigenvalue weighted by Gasteiger charge is 2.34. The number of fused-ring (bicyclic) bond motifs is 2. The highest BCUT2D eigenvalue weighted by molar-refractivity contribution is 6.06. The number of likely N-dealkylation sites (tertiary alicyclic amines) is 1. The number of rotatable bonds is 4. The Bertz CT molecular complexity index is 1450. The average Bonchev–Trinajstić information content (AvgIpc) is 3.64. The van der Waals surface area contributed by atoms with Crippen molar-refractivity contribution in [3.63, 3.8) is 0 Å². The van der Waals surface area contributed by atoms with Crippen LogP contribution >= 0.6 is 0 Å². The number of aromatic nitrogens is 4. The van der Waals surface area contributed by atoms with Crippen LogP contribution in [0.15, 0.2) is 30.3 Å². The van der Waals surface area contributed by atoms with Crippen LogP contribution in [0.3, 0.4) is 0 Å². The van der Waals surface area contributed by atoms with Gasteiger partial charge in [-0.1, -0.05) is 6.07 Å². The van der Waals surface area contributed by atoms with E-state index in [0.29, 0.717) is 67.7 Å². The monoisotopic (exact) mass is 531 g/mol. The lowest BCUT2D eigenvalue weighted by Gasteiger charge is -2.32. The third-order valence-electron chi connectivity index (χ3n) is 8.00. The molecule has 3 aromatic rings. The maximum absolute atomic E-state index is 13.4. The first-order chi connectivity index (χ1) is 18.7. The fourth-order valence-electron chi connectivity index (χ4n) is 5.83. The van der Waals surface area contributed by atoms with Crippen LogP contribution in [0.5, 0.6) is 5.75 Å². The van der Waals surface area contributed by atoms with Crippen LogP contribution in [0.2, 0.25) is 0 Å². The second-order valence-electron chi connectivity index (χ2n) is 11.1. The second kappa shape index (κ2) is 9.64. The summed E-state index contributed by atoms with van der Waals surface area (Å²) in [5.74, 6) is 2.15. The molecule has 2 aromatic heterocycles. The topological polar surface area (TPSA) is 126 Å². The highest BCUT2D eigenvalue weighted by atomic mass is 16.5. The summed E-state index contributed by atoms with van der Waals surface area (Å²) in [6.07, 6.45) is 2.66. The Labute approximate surface area is 226 Å². The van der Waals surface area contributed by atoms with Crippen LogP contribution < -0.4 is 10.1 Å². The minimum atomic E-state index is -0.463. The SMILES string of the molecule is COc1cc2c(cc1C(=O)Nc1cccc(-c3nnc4n3C(C)(C)CC4)n1)CN(C(=O)N1CC[C@@H](O)C1)CC2. The predicted molar refractivity (Wildman–Crippen MR) is 144 cm³/mol. The van der Waals surface area contributed by atoms with E-state index in [4.69, 9.17) is 4.74 Å². The molecule has 0 radical (unpaired) electrons. The summed E-state index contributed by atoms with van der Waals surface area (Å²) in [6.45, 7) is 6.21. The first-order valence-corrected chi connectivity index (χ1v) is 13.4. The zero-order chi connectivity index (χ0) is 27.3. The molecule has 39 heavy (non-hydrogen) atoms. The lowest BCUT2D eigenvalue weighted by atomic mass is 9.96. The molecule has 0 aliphatic carbocycles. The van der Waals surface area contributed by atoms with Crippen molar-refractivity contribution in [1.29, 1.82) is 0 Å². The molecule has 1 fully saturated rings. The Morgan fingerprint density at radius 3 is 2.72 bits per heavy atom. The smallest absolute Gasteiger partial charge is 0.320 e. The van der Waals surface area contributed by atoms with Crippen LogP contribution in [-0.4, -0.2) is 79.4 Å². The molecule has 0 spiro atoms. The van der Waals surface area contributed by atoms with E-state index in [2.05, 4.69) is 38.9 Å². The van der Waals surface area contributed by atoms with Gasteiger partial charge in [0, 0.05) is 38.1 Å².